The van der Waals surface area contributed by atoms with Crippen molar-refractivity contribution in [1.29, 1.82) is 0 Å². The molecule has 4 rings (SSSR count). The molecule has 1 amide bonds. The smallest absolute Gasteiger partial charge is 0.229 e. The highest BCUT2D eigenvalue weighted by Crippen LogP contribution is 2.27. The summed E-state index contributed by atoms with van der Waals surface area (Å²) >= 11 is 0. The second kappa shape index (κ2) is 9.16. The summed E-state index contributed by atoms with van der Waals surface area (Å²) in [7, 11) is 1.65. The number of amides is 1. The van der Waals surface area contributed by atoms with E-state index in [0.29, 0.717) is 6.54 Å². The predicted octanol–water partition coefficient (Wildman–Crippen LogP) is 4.62. The molecule has 0 spiro atoms. The van der Waals surface area contributed by atoms with Crippen LogP contribution >= 0.6 is 0 Å². The number of aryl methyl sites for hydroxylation is 2. The molecule has 160 valence electrons. The Kier molecular flexibility index (Phi) is 6.16. The van der Waals surface area contributed by atoms with E-state index in [1.807, 2.05) is 49.4 Å². The number of piperidine rings is 1. The third-order valence-electron chi connectivity index (χ3n) is 5.79. The summed E-state index contributed by atoms with van der Waals surface area (Å²) in [5.74, 6) is 1.66. The number of benzene rings is 2. The van der Waals surface area contributed by atoms with Gasteiger partial charge in [-0.15, -0.1) is 0 Å². The lowest BCUT2D eigenvalue weighted by molar-refractivity contribution is -0.120. The van der Waals surface area contributed by atoms with Crippen molar-refractivity contribution < 1.29 is 9.53 Å². The summed E-state index contributed by atoms with van der Waals surface area (Å²) < 4.78 is 5.23. The summed E-state index contributed by atoms with van der Waals surface area (Å²) in [6, 6.07) is 15.9. The van der Waals surface area contributed by atoms with Gasteiger partial charge in [-0.25, -0.2) is 9.97 Å². The van der Waals surface area contributed by atoms with Crippen LogP contribution < -0.4 is 15.0 Å². The highest BCUT2D eigenvalue weighted by Gasteiger charge is 2.27. The molecule has 2 heterocycles. The summed E-state index contributed by atoms with van der Waals surface area (Å²) in [5.41, 5.74) is 5.02. The lowest BCUT2D eigenvalue weighted by atomic mass is 9.96. The van der Waals surface area contributed by atoms with Gasteiger partial charge in [0.05, 0.1) is 18.7 Å². The van der Waals surface area contributed by atoms with Gasteiger partial charge < -0.3 is 15.0 Å². The summed E-state index contributed by atoms with van der Waals surface area (Å²) in [4.78, 5) is 24.0. The van der Waals surface area contributed by atoms with Crippen molar-refractivity contribution in [2.75, 3.05) is 30.4 Å². The zero-order valence-corrected chi connectivity index (χ0v) is 18.3. The average molecular weight is 417 g/mol. The van der Waals surface area contributed by atoms with E-state index >= 15 is 0 Å². The first-order valence-corrected chi connectivity index (χ1v) is 10.6. The Morgan fingerprint density at radius 2 is 1.90 bits per heavy atom. The van der Waals surface area contributed by atoms with E-state index in [-0.39, 0.29) is 11.8 Å². The van der Waals surface area contributed by atoms with Crippen LogP contribution in [-0.4, -0.2) is 36.1 Å². The van der Waals surface area contributed by atoms with Crippen LogP contribution in [0.2, 0.25) is 0 Å². The van der Waals surface area contributed by atoms with Gasteiger partial charge in [0.2, 0.25) is 5.91 Å². The lowest BCUT2D eigenvalue weighted by Gasteiger charge is -2.33. The molecule has 1 aliphatic heterocycles. The first-order valence-electron chi connectivity index (χ1n) is 10.6. The number of nitrogens with one attached hydrogen (secondary N) is 1. The number of carbonyl (C=O) groups excluding carboxylic acids is 1. The Bertz CT molecular complexity index is 1070. The quantitative estimate of drug-likeness (QED) is 0.657. The molecule has 0 saturated carbocycles. The molecule has 1 saturated heterocycles. The fourth-order valence-corrected chi connectivity index (χ4v) is 4.03. The molecular formula is C25H28N4O2. The van der Waals surface area contributed by atoms with Crippen molar-refractivity contribution in [3.05, 3.63) is 66.0 Å². The molecule has 1 N–H and O–H groups in total. The fourth-order valence-electron chi connectivity index (χ4n) is 4.03. The van der Waals surface area contributed by atoms with Crippen LogP contribution in [0.25, 0.3) is 11.3 Å². The van der Waals surface area contributed by atoms with Crippen LogP contribution in [0.3, 0.4) is 0 Å². The maximum atomic E-state index is 12.9. The third kappa shape index (κ3) is 4.85. The number of rotatable bonds is 5. The van der Waals surface area contributed by atoms with E-state index in [1.54, 1.807) is 13.4 Å². The number of methoxy groups -OCH3 is 1. The van der Waals surface area contributed by atoms with Gasteiger partial charge in [-0.05, 0) is 62.6 Å². The SMILES string of the molecule is COc1ccc(-c2cc(N3CCCC(C(=O)Nc4ccc(C)cc4C)C3)ncn2)cc1. The number of carbonyl (C=O) groups is 1. The Hall–Kier alpha value is -3.41. The van der Waals surface area contributed by atoms with Gasteiger partial charge >= 0.3 is 0 Å². The van der Waals surface area contributed by atoms with Crippen LogP contribution in [0, 0.1) is 19.8 Å². The van der Waals surface area contributed by atoms with Crippen LogP contribution in [0.1, 0.15) is 24.0 Å². The van der Waals surface area contributed by atoms with Crippen molar-refractivity contribution in [1.82, 2.24) is 9.97 Å². The van der Waals surface area contributed by atoms with Crippen molar-refractivity contribution in [3.8, 4) is 17.0 Å². The van der Waals surface area contributed by atoms with E-state index in [9.17, 15) is 4.79 Å². The standard InChI is InChI=1S/C25H28N4O2/c1-17-6-11-22(18(2)13-17)28-25(30)20-5-4-12-29(15-20)24-14-23(26-16-27-24)19-7-9-21(31-3)10-8-19/h6-11,13-14,16,20H,4-5,12,15H2,1-3H3,(H,28,30). The molecule has 31 heavy (non-hydrogen) atoms. The van der Waals surface area contributed by atoms with E-state index < -0.39 is 0 Å². The number of ether oxygens (including phenoxy) is 1. The molecule has 0 aliphatic carbocycles. The van der Waals surface area contributed by atoms with Gasteiger partial charge in [-0.3, -0.25) is 4.79 Å². The highest BCUT2D eigenvalue weighted by molar-refractivity contribution is 5.93. The number of anilines is 2. The van der Waals surface area contributed by atoms with Crippen LogP contribution in [0.15, 0.2) is 54.9 Å². The molecule has 1 aromatic heterocycles. The highest BCUT2D eigenvalue weighted by atomic mass is 16.5. The minimum Gasteiger partial charge on any atom is -0.497 e. The molecule has 1 fully saturated rings. The zero-order valence-electron chi connectivity index (χ0n) is 18.3. The van der Waals surface area contributed by atoms with Crippen LogP contribution in [0.4, 0.5) is 11.5 Å². The summed E-state index contributed by atoms with van der Waals surface area (Å²) in [6.07, 6.45) is 3.42. The molecule has 1 aliphatic rings. The molecule has 0 radical (unpaired) electrons. The number of hydrogen-bond donors (Lipinski definition) is 1. The van der Waals surface area contributed by atoms with Crippen LogP contribution in [0.5, 0.6) is 5.75 Å². The minimum absolute atomic E-state index is 0.0705. The molecule has 6 nitrogen and oxygen atoms in total. The van der Waals surface area contributed by atoms with E-state index in [2.05, 4.69) is 33.2 Å². The largest absolute Gasteiger partial charge is 0.497 e. The summed E-state index contributed by atoms with van der Waals surface area (Å²) in [6.45, 7) is 5.61. The molecule has 3 aromatic rings. The molecule has 6 heteroatoms. The van der Waals surface area contributed by atoms with Gasteiger partial charge in [0.1, 0.15) is 17.9 Å². The van der Waals surface area contributed by atoms with Crippen molar-refractivity contribution in [3.63, 3.8) is 0 Å². The molecule has 1 atom stereocenters. The first-order chi connectivity index (χ1) is 15.0. The van der Waals surface area contributed by atoms with Gasteiger partial charge in [0.25, 0.3) is 0 Å². The number of nitrogens with zero attached hydrogens (tertiary/aromatic N) is 3. The van der Waals surface area contributed by atoms with Crippen molar-refractivity contribution in [2.45, 2.75) is 26.7 Å². The fraction of sp³-hybridized carbons (Fsp3) is 0.320. The van der Waals surface area contributed by atoms with E-state index in [4.69, 9.17) is 4.74 Å². The topological polar surface area (TPSA) is 67.3 Å². The van der Waals surface area contributed by atoms with Crippen LogP contribution in [-0.2, 0) is 4.79 Å². The van der Waals surface area contributed by atoms with Gasteiger partial charge in [-0.1, -0.05) is 17.7 Å². The normalized spacial score (nSPS) is 16.1. The first kappa shape index (κ1) is 20.8. The predicted molar refractivity (Wildman–Crippen MR) is 124 cm³/mol. The second-order valence-corrected chi connectivity index (χ2v) is 8.08. The number of aromatic nitrogens is 2. The van der Waals surface area contributed by atoms with Gasteiger partial charge in [0.15, 0.2) is 0 Å². The summed E-state index contributed by atoms with van der Waals surface area (Å²) in [5, 5.41) is 3.12. The van der Waals surface area contributed by atoms with Gasteiger partial charge in [0, 0.05) is 30.4 Å². The lowest BCUT2D eigenvalue weighted by Crippen LogP contribution is -2.41. The maximum Gasteiger partial charge on any atom is 0.229 e. The van der Waals surface area contributed by atoms with Crippen molar-refractivity contribution >= 4 is 17.4 Å². The molecular weight excluding hydrogens is 388 g/mol. The average Bonchev–Trinajstić information content (AvgIpc) is 2.81. The Balaban J connectivity index is 1.47. The Morgan fingerprint density at radius 1 is 1.10 bits per heavy atom. The number of hydrogen-bond acceptors (Lipinski definition) is 5. The third-order valence-corrected chi connectivity index (χ3v) is 5.79. The monoisotopic (exact) mass is 416 g/mol. The Morgan fingerprint density at radius 3 is 2.65 bits per heavy atom. The van der Waals surface area contributed by atoms with E-state index in [0.717, 1.165) is 53.5 Å². The second-order valence-electron chi connectivity index (χ2n) is 8.08. The van der Waals surface area contributed by atoms with Crippen molar-refractivity contribution in [2.24, 2.45) is 5.92 Å². The maximum absolute atomic E-state index is 12.9. The van der Waals surface area contributed by atoms with Gasteiger partial charge in [-0.2, -0.15) is 0 Å². The minimum atomic E-state index is -0.0751. The Labute approximate surface area is 183 Å². The van der Waals surface area contributed by atoms with E-state index in [1.165, 1.54) is 5.56 Å². The molecule has 2 aromatic carbocycles. The molecule has 0 bridgehead atoms. The zero-order chi connectivity index (χ0) is 21.8. The molecule has 1 unspecified atom stereocenters.